The van der Waals surface area contributed by atoms with Crippen LogP contribution >= 0.6 is 11.6 Å². The van der Waals surface area contributed by atoms with E-state index in [-0.39, 0.29) is 17.4 Å². The van der Waals surface area contributed by atoms with Crippen molar-refractivity contribution in [1.82, 2.24) is 14.9 Å². The number of para-hydroxylation sites is 1. The molecule has 0 bridgehead atoms. The van der Waals surface area contributed by atoms with Crippen molar-refractivity contribution in [2.24, 2.45) is 0 Å². The Balaban J connectivity index is 1.54. The zero-order valence-corrected chi connectivity index (χ0v) is 17.2. The lowest BCUT2D eigenvalue weighted by molar-refractivity contribution is -0.286. The topological polar surface area (TPSA) is 67.8 Å². The summed E-state index contributed by atoms with van der Waals surface area (Å²) < 4.78 is 36.4. The Bertz CT molecular complexity index is 1200. The molecule has 2 aliphatic heterocycles. The van der Waals surface area contributed by atoms with Crippen LogP contribution in [0.4, 0.5) is 14.6 Å². The lowest BCUT2D eigenvalue weighted by Crippen LogP contribution is -2.48. The minimum absolute atomic E-state index is 0.0482. The maximum absolute atomic E-state index is 13.6. The standard InChI is InChI=1S/C21H17ClF2N4O3/c1-12(29)27-5-7-28(8-6-27)20-15-9-16(22)14(10-17(15)25-11-26-20)13-3-2-4-18-19(13)31-21(23,24)30-18/h2-4,9-11H,5-8H2,1H3. The van der Waals surface area contributed by atoms with Gasteiger partial charge in [0.15, 0.2) is 11.5 Å². The average molecular weight is 447 g/mol. The molecule has 3 aromatic rings. The molecule has 2 aliphatic rings. The van der Waals surface area contributed by atoms with Gasteiger partial charge in [0, 0.05) is 54.6 Å². The number of amides is 1. The molecule has 7 nitrogen and oxygen atoms in total. The van der Waals surface area contributed by atoms with Crippen LogP contribution in [-0.4, -0.2) is 53.2 Å². The van der Waals surface area contributed by atoms with Gasteiger partial charge in [-0.3, -0.25) is 4.79 Å². The van der Waals surface area contributed by atoms with Crippen LogP contribution in [0.3, 0.4) is 0 Å². The molecule has 10 heteroatoms. The molecular formula is C21H17ClF2N4O3. The van der Waals surface area contributed by atoms with Gasteiger partial charge in [-0.15, -0.1) is 8.78 Å². The van der Waals surface area contributed by atoms with Gasteiger partial charge in [-0.1, -0.05) is 23.7 Å². The van der Waals surface area contributed by atoms with E-state index in [1.54, 1.807) is 36.1 Å². The van der Waals surface area contributed by atoms with Crippen LogP contribution < -0.4 is 14.4 Å². The highest BCUT2D eigenvalue weighted by Gasteiger charge is 2.44. The second kappa shape index (κ2) is 7.19. The Labute approximate surface area is 181 Å². The molecule has 0 spiro atoms. The molecule has 0 radical (unpaired) electrons. The third-order valence-corrected chi connectivity index (χ3v) is 5.76. The maximum Gasteiger partial charge on any atom is 0.586 e. The number of hydrogen-bond acceptors (Lipinski definition) is 6. The first-order chi connectivity index (χ1) is 14.8. The number of ether oxygens (including phenoxy) is 2. The van der Waals surface area contributed by atoms with E-state index < -0.39 is 6.29 Å². The molecule has 0 atom stereocenters. The minimum Gasteiger partial charge on any atom is -0.395 e. The summed E-state index contributed by atoms with van der Waals surface area (Å²) in [6.45, 7) is 4.04. The summed E-state index contributed by atoms with van der Waals surface area (Å²) in [6.07, 6.45) is -2.27. The second-order valence-electron chi connectivity index (χ2n) is 7.34. The molecule has 0 unspecified atom stereocenters. The number of aromatic nitrogens is 2. The number of anilines is 1. The number of piperazine rings is 1. The fourth-order valence-corrected chi connectivity index (χ4v) is 4.20. The van der Waals surface area contributed by atoms with E-state index in [4.69, 9.17) is 16.3 Å². The number of carbonyl (C=O) groups is 1. The lowest BCUT2D eigenvalue weighted by Gasteiger charge is -2.35. The van der Waals surface area contributed by atoms with E-state index in [1.807, 2.05) is 0 Å². The van der Waals surface area contributed by atoms with E-state index in [0.29, 0.717) is 53.7 Å². The number of carbonyl (C=O) groups excluding carboxylic acids is 1. The Morgan fingerprint density at radius 1 is 1.10 bits per heavy atom. The van der Waals surface area contributed by atoms with Gasteiger partial charge in [-0.2, -0.15) is 0 Å². The van der Waals surface area contributed by atoms with E-state index >= 15 is 0 Å². The molecule has 1 aromatic heterocycles. The highest BCUT2D eigenvalue weighted by Crippen LogP contribution is 2.48. The van der Waals surface area contributed by atoms with Crippen LogP contribution in [0.15, 0.2) is 36.7 Å². The molecule has 160 valence electrons. The lowest BCUT2D eigenvalue weighted by atomic mass is 10.0. The van der Waals surface area contributed by atoms with E-state index in [0.717, 1.165) is 5.39 Å². The summed E-state index contributed by atoms with van der Waals surface area (Å²) in [5, 5.41) is 1.08. The maximum atomic E-state index is 13.6. The monoisotopic (exact) mass is 446 g/mol. The third kappa shape index (κ3) is 3.48. The Hall–Kier alpha value is -3.20. The molecule has 0 N–H and O–H groups in total. The van der Waals surface area contributed by atoms with Gasteiger partial charge >= 0.3 is 6.29 Å². The van der Waals surface area contributed by atoms with Gasteiger partial charge in [-0.25, -0.2) is 9.97 Å². The highest BCUT2D eigenvalue weighted by atomic mass is 35.5. The van der Waals surface area contributed by atoms with Crippen molar-refractivity contribution in [3.05, 3.63) is 41.7 Å². The van der Waals surface area contributed by atoms with Crippen molar-refractivity contribution in [2.45, 2.75) is 13.2 Å². The average Bonchev–Trinajstić information content (AvgIpc) is 3.07. The quantitative estimate of drug-likeness (QED) is 0.594. The molecule has 3 heterocycles. The van der Waals surface area contributed by atoms with Crippen molar-refractivity contribution >= 4 is 34.2 Å². The van der Waals surface area contributed by atoms with Crippen LogP contribution in [-0.2, 0) is 4.79 Å². The van der Waals surface area contributed by atoms with E-state index in [1.165, 1.54) is 12.4 Å². The molecule has 5 rings (SSSR count). The predicted molar refractivity (Wildman–Crippen MR) is 111 cm³/mol. The first kappa shape index (κ1) is 19.7. The molecular weight excluding hydrogens is 430 g/mol. The van der Waals surface area contributed by atoms with Crippen molar-refractivity contribution < 1.29 is 23.0 Å². The number of fused-ring (bicyclic) bond motifs is 2. The van der Waals surface area contributed by atoms with E-state index in [9.17, 15) is 13.6 Å². The van der Waals surface area contributed by atoms with Gasteiger partial charge < -0.3 is 19.3 Å². The van der Waals surface area contributed by atoms with Crippen molar-refractivity contribution in [3.63, 3.8) is 0 Å². The van der Waals surface area contributed by atoms with Crippen molar-refractivity contribution in [1.29, 1.82) is 0 Å². The smallest absolute Gasteiger partial charge is 0.395 e. The first-order valence-electron chi connectivity index (χ1n) is 9.66. The van der Waals surface area contributed by atoms with Crippen LogP contribution in [0.1, 0.15) is 6.92 Å². The first-order valence-corrected chi connectivity index (χ1v) is 10.0. The van der Waals surface area contributed by atoms with Crippen LogP contribution in [0, 0.1) is 0 Å². The minimum atomic E-state index is -3.72. The van der Waals surface area contributed by atoms with Gasteiger partial charge in [-0.05, 0) is 18.2 Å². The van der Waals surface area contributed by atoms with Crippen LogP contribution in [0.2, 0.25) is 5.02 Å². The summed E-state index contributed by atoms with van der Waals surface area (Å²) in [5.74, 6) is 0.645. The van der Waals surface area contributed by atoms with Crippen LogP contribution in [0.5, 0.6) is 11.5 Å². The Morgan fingerprint density at radius 3 is 2.61 bits per heavy atom. The fourth-order valence-electron chi connectivity index (χ4n) is 3.94. The molecule has 1 amide bonds. The molecule has 0 saturated carbocycles. The summed E-state index contributed by atoms with van der Waals surface area (Å²) in [5.41, 5.74) is 1.50. The van der Waals surface area contributed by atoms with Gasteiger partial charge in [0.2, 0.25) is 5.91 Å². The van der Waals surface area contributed by atoms with Crippen molar-refractivity contribution in [2.75, 3.05) is 31.1 Å². The Kier molecular flexibility index (Phi) is 4.58. The van der Waals surface area contributed by atoms with Crippen molar-refractivity contribution in [3.8, 4) is 22.6 Å². The number of alkyl halides is 2. The SMILES string of the molecule is CC(=O)N1CCN(c2ncnc3cc(-c4cccc5c4OC(F)(F)O5)c(Cl)cc23)CC1. The molecule has 31 heavy (non-hydrogen) atoms. The number of nitrogens with zero attached hydrogens (tertiary/aromatic N) is 4. The molecule has 0 aliphatic carbocycles. The summed E-state index contributed by atoms with van der Waals surface area (Å²) >= 11 is 6.58. The third-order valence-electron chi connectivity index (χ3n) is 5.45. The number of halogens is 3. The summed E-state index contributed by atoms with van der Waals surface area (Å²) in [7, 11) is 0. The number of rotatable bonds is 2. The molecule has 1 saturated heterocycles. The summed E-state index contributed by atoms with van der Waals surface area (Å²) in [4.78, 5) is 24.2. The number of hydrogen-bond donors (Lipinski definition) is 0. The second-order valence-corrected chi connectivity index (χ2v) is 7.75. The summed E-state index contributed by atoms with van der Waals surface area (Å²) in [6, 6.07) is 8.10. The normalized spacial score (nSPS) is 17.3. The fraction of sp³-hybridized carbons (Fsp3) is 0.286. The van der Waals surface area contributed by atoms with Gasteiger partial charge in [0.25, 0.3) is 0 Å². The van der Waals surface area contributed by atoms with Crippen LogP contribution in [0.25, 0.3) is 22.0 Å². The van der Waals surface area contributed by atoms with E-state index in [2.05, 4.69) is 19.6 Å². The molecule has 2 aromatic carbocycles. The van der Waals surface area contributed by atoms with Gasteiger partial charge in [0.05, 0.1) is 5.52 Å². The zero-order chi connectivity index (χ0) is 21.8. The van der Waals surface area contributed by atoms with Gasteiger partial charge in [0.1, 0.15) is 12.1 Å². The number of benzene rings is 2. The Morgan fingerprint density at radius 2 is 1.87 bits per heavy atom. The predicted octanol–water partition coefficient (Wildman–Crippen LogP) is 3.94. The zero-order valence-electron chi connectivity index (χ0n) is 16.4. The largest absolute Gasteiger partial charge is 0.586 e. The molecule has 1 fully saturated rings. The highest BCUT2D eigenvalue weighted by molar-refractivity contribution is 6.34.